The van der Waals surface area contributed by atoms with Gasteiger partial charge in [0.15, 0.2) is 4.32 Å². The van der Waals surface area contributed by atoms with Gasteiger partial charge in [0.25, 0.3) is 11.8 Å². The predicted molar refractivity (Wildman–Crippen MR) is 139 cm³/mol. The Bertz CT molecular complexity index is 1310. The fourth-order valence-corrected chi connectivity index (χ4v) is 5.62. The number of carbonyl (C=O) groups excluding carboxylic acids is 2. The fraction of sp³-hybridized carbons (Fsp3) is 0.217. The molecule has 0 atom stereocenters. The van der Waals surface area contributed by atoms with Crippen molar-refractivity contribution in [2.24, 2.45) is 0 Å². The number of nitrogens with zero attached hydrogens (tertiary/aromatic N) is 3. The van der Waals surface area contributed by atoms with Crippen LogP contribution in [0.1, 0.15) is 19.4 Å². The van der Waals surface area contributed by atoms with E-state index in [-0.39, 0.29) is 15.7 Å². The standard InChI is InChI=1S/C23H22N4O3S3/c1-3-25(4-2)16-11-9-15(10-12-16)13-19-21(29)27(23(31)33-19)24-20(28)14-26-17-7-5-6-8-18(17)32-22(26)30/h5-13H,3-4,14H2,1-2H3,(H,24,28)/b19-13-. The van der Waals surface area contributed by atoms with Gasteiger partial charge in [-0.15, -0.1) is 0 Å². The van der Waals surface area contributed by atoms with Crippen LogP contribution >= 0.6 is 35.3 Å². The lowest BCUT2D eigenvalue weighted by molar-refractivity contribution is -0.133. The highest BCUT2D eigenvalue weighted by molar-refractivity contribution is 8.26. The summed E-state index contributed by atoms with van der Waals surface area (Å²) in [6.45, 7) is 5.84. The molecule has 170 valence electrons. The van der Waals surface area contributed by atoms with Gasteiger partial charge in [-0.1, -0.05) is 47.4 Å². The summed E-state index contributed by atoms with van der Waals surface area (Å²) in [5.74, 6) is -0.893. The van der Waals surface area contributed by atoms with E-state index in [9.17, 15) is 14.4 Å². The minimum Gasteiger partial charge on any atom is -0.372 e. The van der Waals surface area contributed by atoms with Crippen molar-refractivity contribution in [3.05, 3.63) is 68.7 Å². The van der Waals surface area contributed by atoms with Crippen molar-refractivity contribution < 1.29 is 9.59 Å². The van der Waals surface area contributed by atoms with E-state index in [0.717, 1.165) is 57.1 Å². The summed E-state index contributed by atoms with van der Waals surface area (Å²) >= 11 is 7.51. The zero-order valence-corrected chi connectivity index (χ0v) is 20.6. The maximum Gasteiger partial charge on any atom is 0.308 e. The number of thioether (sulfide) groups is 1. The Labute approximate surface area is 204 Å². The van der Waals surface area contributed by atoms with Gasteiger partial charge >= 0.3 is 4.87 Å². The number of aromatic nitrogens is 1. The molecular weight excluding hydrogens is 476 g/mol. The van der Waals surface area contributed by atoms with Crippen LogP contribution in [0.15, 0.2) is 58.2 Å². The van der Waals surface area contributed by atoms with Crippen LogP contribution in [0, 0.1) is 0 Å². The summed E-state index contributed by atoms with van der Waals surface area (Å²) in [4.78, 5) is 40.2. The Morgan fingerprint density at radius 2 is 1.79 bits per heavy atom. The number of hydrogen-bond donors (Lipinski definition) is 1. The molecule has 0 radical (unpaired) electrons. The third-order valence-corrected chi connectivity index (χ3v) is 7.49. The maximum absolute atomic E-state index is 12.9. The Kier molecular flexibility index (Phi) is 6.96. The maximum atomic E-state index is 12.9. The molecule has 1 aliphatic rings. The second-order valence-electron chi connectivity index (χ2n) is 7.24. The summed E-state index contributed by atoms with van der Waals surface area (Å²) in [6.07, 6.45) is 1.76. The average Bonchev–Trinajstić information content (AvgIpc) is 3.26. The highest BCUT2D eigenvalue weighted by Crippen LogP contribution is 2.31. The molecule has 1 fully saturated rings. The summed E-state index contributed by atoms with van der Waals surface area (Å²) in [6, 6.07) is 15.2. The van der Waals surface area contributed by atoms with Gasteiger partial charge in [-0.25, -0.2) is 0 Å². The van der Waals surface area contributed by atoms with Crippen LogP contribution in [0.5, 0.6) is 0 Å². The van der Waals surface area contributed by atoms with Gasteiger partial charge in [0.2, 0.25) is 0 Å². The SMILES string of the molecule is CCN(CC)c1ccc(/C=C2\SC(=S)N(NC(=O)Cn3c(=O)sc4ccccc43)C2=O)cc1. The normalized spacial score (nSPS) is 15.0. The third kappa shape index (κ3) is 4.87. The van der Waals surface area contributed by atoms with E-state index in [2.05, 4.69) is 24.2 Å². The highest BCUT2D eigenvalue weighted by atomic mass is 32.2. The van der Waals surface area contributed by atoms with Crippen LogP contribution in [-0.4, -0.2) is 38.8 Å². The number of amides is 2. The molecule has 0 aliphatic carbocycles. The molecule has 1 aliphatic heterocycles. The second kappa shape index (κ2) is 9.90. The summed E-state index contributed by atoms with van der Waals surface area (Å²) < 4.78 is 2.43. The first-order valence-corrected chi connectivity index (χ1v) is 12.5. The van der Waals surface area contributed by atoms with Gasteiger partial charge < -0.3 is 4.90 Å². The molecule has 10 heteroatoms. The lowest BCUT2D eigenvalue weighted by Crippen LogP contribution is -2.46. The molecule has 2 amide bonds. The van der Waals surface area contributed by atoms with Crippen molar-refractivity contribution in [1.29, 1.82) is 0 Å². The molecule has 0 bridgehead atoms. The van der Waals surface area contributed by atoms with E-state index < -0.39 is 11.8 Å². The molecule has 0 saturated carbocycles. The van der Waals surface area contributed by atoms with Crippen LogP contribution in [0.3, 0.4) is 0 Å². The third-order valence-electron chi connectivity index (χ3n) is 5.23. The van der Waals surface area contributed by atoms with Crippen LogP contribution in [0.25, 0.3) is 16.3 Å². The second-order valence-corrected chi connectivity index (χ2v) is 9.91. The number of anilines is 1. The number of hydrogen-bond acceptors (Lipinski definition) is 7. The van der Waals surface area contributed by atoms with Crippen LogP contribution in [-0.2, 0) is 16.1 Å². The predicted octanol–water partition coefficient (Wildman–Crippen LogP) is 3.84. The summed E-state index contributed by atoms with van der Waals surface area (Å²) in [5.41, 5.74) is 5.21. The lowest BCUT2D eigenvalue weighted by Gasteiger charge is -2.20. The van der Waals surface area contributed by atoms with E-state index in [1.807, 2.05) is 42.5 Å². The molecule has 0 spiro atoms. The molecule has 4 rings (SSSR count). The topological polar surface area (TPSA) is 74.7 Å². The molecule has 2 aromatic carbocycles. The average molecular weight is 499 g/mol. The number of carbonyl (C=O) groups is 2. The monoisotopic (exact) mass is 498 g/mol. The van der Waals surface area contributed by atoms with Gasteiger partial charge in [0, 0.05) is 18.8 Å². The van der Waals surface area contributed by atoms with Gasteiger partial charge in [-0.3, -0.25) is 24.4 Å². The number of para-hydroxylation sites is 1. The highest BCUT2D eigenvalue weighted by Gasteiger charge is 2.33. The smallest absolute Gasteiger partial charge is 0.308 e. The van der Waals surface area contributed by atoms with E-state index in [0.29, 0.717) is 10.4 Å². The number of rotatable bonds is 7. The van der Waals surface area contributed by atoms with Gasteiger partial charge in [0.1, 0.15) is 6.54 Å². The molecule has 1 aromatic heterocycles. The van der Waals surface area contributed by atoms with Crippen LogP contribution in [0.4, 0.5) is 5.69 Å². The van der Waals surface area contributed by atoms with Crippen molar-refractivity contribution in [2.45, 2.75) is 20.4 Å². The number of thiocarbonyl (C=S) groups is 1. The number of fused-ring (bicyclic) bond motifs is 1. The van der Waals surface area contributed by atoms with Crippen molar-refractivity contribution in [3.63, 3.8) is 0 Å². The zero-order chi connectivity index (χ0) is 23.5. The largest absolute Gasteiger partial charge is 0.372 e. The molecule has 0 unspecified atom stereocenters. The van der Waals surface area contributed by atoms with E-state index in [1.54, 1.807) is 12.1 Å². The van der Waals surface area contributed by atoms with E-state index in [1.165, 1.54) is 4.57 Å². The van der Waals surface area contributed by atoms with Crippen molar-refractivity contribution >= 4 is 73.4 Å². The fourth-order valence-electron chi connectivity index (χ4n) is 3.55. The van der Waals surface area contributed by atoms with E-state index >= 15 is 0 Å². The Balaban J connectivity index is 1.46. The molecule has 7 nitrogen and oxygen atoms in total. The minimum absolute atomic E-state index is 0.203. The number of nitrogens with one attached hydrogen (secondary N) is 1. The van der Waals surface area contributed by atoms with Gasteiger partial charge in [-0.2, -0.15) is 5.01 Å². The van der Waals surface area contributed by atoms with E-state index in [4.69, 9.17) is 12.2 Å². The minimum atomic E-state index is -0.498. The Morgan fingerprint density at radius 3 is 2.48 bits per heavy atom. The Hall–Kier alpha value is -2.95. The molecule has 1 N–H and O–H groups in total. The van der Waals surface area contributed by atoms with Crippen molar-refractivity contribution in [2.75, 3.05) is 18.0 Å². The van der Waals surface area contributed by atoms with Crippen LogP contribution < -0.4 is 15.2 Å². The van der Waals surface area contributed by atoms with Crippen molar-refractivity contribution in [1.82, 2.24) is 15.0 Å². The summed E-state index contributed by atoms with van der Waals surface area (Å²) in [5, 5.41) is 1.07. The van der Waals surface area contributed by atoms with Gasteiger partial charge in [0.05, 0.1) is 15.1 Å². The molecule has 2 heterocycles. The Morgan fingerprint density at radius 1 is 1.09 bits per heavy atom. The molecule has 1 saturated heterocycles. The molecule has 33 heavy (non-hydrogen) atoms. The number of benzene rings is 2. The first-order valence-electron chi connectivity index (χ1n) is 10.4. The number of thiazole rings is 1. The quantitative estimate of drug-likeness (QED) is 0.394. The van der Waals surface area contributed by atoms with Crippen molar-refractivity contribution in [3.8, 4) is 0 Å². The number of hydrazine groups is 1. The van der Waals surface area contributed by atoms with Gasteiger partial charge in [-0.05, 0) is 62.0 Å². The first-order chi connectivity index (χ1) is 15.9. The lowest BCUT2D eigenvalue weighted by atomic mass is 10.1. The van der Waals surface area contributed by atoms with Crippen LogP contribution in [0.2, 0.25) is 0 Å². The zero-order valence-electron chi connectivity index (χ0n) is 18.1. The summed E-state index contributed by atoms with van der Waals surface area (Å²) in [7, 11) is 0. The molecule has 3 aromatic rings. The first kappa shape index (κ1) is 23.2. The molecular formula is C23H22N4O3S3.